The minimum atomic E-state index is 0.0424. The first-order chi connectivity index (χ1) is 9.11. The van der Waals surface area contributed by atoms with E-state index < -0.39 is 0 Å². The normalized spacial score (nSPS) is 21.9. The topological polar surface area (TPSA) is 59.2 Å². The van der Waals surface area contributed by atoms with E-state index in [1.165, 1.54) is 0 Å². The van der Waals surface area contributed by atoms with Crippen molar-refractivity contribution in [3.05, 3.63) is 29.6 Å². The highest BCUT2D eigenvalue weighted by Gasteiger charge is 2.30. The summed E-state index contributed by atoms with van der Waals surface area (Å²) in [4.78, 5) is 18.4. The Balaban J connectivity index is 2.19. The minimum Gasteiger partial charge on any atom is -0.336 e. The monoisotopic (exact) mass is 257 g/mol. The van der Waals surface area contributed by atoms with Gasteiger partial charge in [-0.15, -0.1) is 0 Å². The Hall–Kier alpha value is -1.86. The number of carbonyl (C=O) groups is 1. The molecule has 0 aliphatic carbocycles. The third-order valence-electron chi connectivity index (χ3n) is 3.36. The summed E-state index contributed by atoms with van der Waals surface area (Å²) in [7, 11) is 0. The van der Waals surface area contributed by atoms with Crippen LogP contribution in [0.25, 0.3) is 0 Å². The number of hydrogen-bond acceptors (Lipinski definition) is 3. The molecule has 1 aromatic heterocycles. The second-order valence-electron chi connectivity index (χ2n) is 5.12. The highest BCUT2D eigenvalue weighted by molar-refractivity contribution is 5.94. The van der Waals surface area contributed by atoms with Crippen LogP contribution in [-0.2, 0) is 0 Å². The average Bonchev–Trinajstić information content (AvgIpc) is 2.75. The predicted molar refractivity (Wildman–Crippen MR) is 74.4 cm³/mol. The molecule has 1 aliphatic rings. The molecule has 2 atom stereocenters. The van der Waals surface area contributed by atoms with Gasteiger partial charge in [-0.1, -0.05) is 18.8 Å². The smallest absolute Gasteiger partial charge is 0.255 e. The van der Waals surface area contributed by atoms with Gasteiger partial charge < -0.3 is 10.6 Å². The molecule has 1 amide bonds. The van der Waals surface area contributed by atoms with Crippen molar-refractivity contribution in [1.29, 1.82) is 0 Å². The van der Waals surface area contributed by atoms with Crippen molar-refractivity contribution in [2.24, 2.45) is 11.7 Å². The van der Waals surface area contributed by atoms with E-state index in [2.05, 4.69) is 30.7 Å². The number of aromatic nitrogens is 1. The summed E-state index contributed by atoms with van der Waals surface area (Å²) in [6.45, 7) is 5.38. The Morgan fingerprint density at radius 1 is 1.53 bits per heavy atom. The molecule has 1 saturated heterocycles. The van der Waals surface area contributed by atoms with E-state index >= 15 is 0 Å². The van der Waals surface area contributed by atoms with Gasteiger partial charge in [0.25, 0.3) is 5.91 Å². The highest BCUT2D eigenvalue weighted by Crippen LogP contribution is 2.24. The first-order valence-corrected chi connectivity index (χ1v) is 6.56. The maximum Gasteiger partial charge on any atom is 0.255 e. The van der Waals surface area contributed by atoms with Crippen LogP contribution >= 0.6 is 0 Å². The highest BCUT2D eigenvalue weighted by atomic mass is 16.2. The Morgan fingerprint density at radius 2 is 2.32 bits per heavy atom. The van der Waals surface area contributed by atoms with Crippen LogP contribution in [0.3, 0.4) is 0 Å². The van der Waals surface area contributed by atoms with Crippen molar-refractivity contribution in [3.63, 3.8) is 0 Å². The first kappa shape index (κ1) is 13.6. The van der Waals surface area contributed by atoms with Crippen molar-refractivity contribution >= 4 is 5.91 Å². The molecule has 0 spiro atoms. The van der Waals surface area contributed by atoms with E-state index in [-0.39, 0.29) is 5.91 Å². The lowest BCUT2D eigenvalue weighted by atomic mass is 10.1. The molecule has 0 aromatic carbocycles. The molecule has 0 radical (unpaired) electrons. The molecule has 0 bridgehead atoms. The van der Waals surface area contributed by atoms with E-state index in [0.717, 1.165) is 18.5 Å². The van der Waals surface area contributed by atoms with Crippen LogP contribution in [-0.4, -0.2) is 34.9 Å². The predicted octanol–water partition coefficient (Wildman–Crippen LogP) is 1.26. The average molecular weight is 257 g/mol. The zero-order chi connectivity index (χ0) is 13.8. The standard InChI is InChI=1S/C15H19N3O/c1-11-6-12(2)18(10-11)15(19)14-7-13(4-3-5-16)8-17-9-14/h7-9,11-12H,5-6,10,16H2,1-2H3. The Labute approximate surface area is 114 Å². The summed E-state index contributed by atoms with van der Waals surface area (Å²) in [6.07, 6.45) is 4.31. The number of carbonyl (C=O) groups excluding carboxylic acids is 1. The Kier molecular flexibility index (Phi) is 4.18. The molecule has 4 nitrogen and oxygen atoms in total. The number of nitrogens with zero attached hydrogens (tertiary/aromatic N) is 2. The van der Waals surface area contributed by atoms with E-state index in [1.54, 1.807) is 18.5 Å². The summed E-state index contributed by atoms with van der Waals surface area (Å²) in [6, 6.07) is 2.08. The fraction of sp³-hybridized carbons (Fsp3) is 0.467. The third kappa shape index (κ3) is 3.12. The van der Waals surface area contributed by atoms with Crippen LogP contribution in [0.4, 0.5) is 0 Å². The molecule has 19 heavy (non-hydrogen) atoms. The number of amides is 1. The summed E-state index contributed by atoms with van der Waals surface area (Å²) in [5.74, 6) is 6.28. The maximum atomic E-state index is 12.4. The molecule has 2 unspecified atom stereocenters. The fourth-order valence-electron chi connectivity index (χ4n) is 2.53. The summed E-state index contributed by atoms with van der Waals surface area (Å²) < 4.78 is 0. The Morgan fingerprint density at radius 3 is 2.95 bits per heavy atom. The van der Waals surface area contributed by atoms with Crippen LogP contribution in [0.2, 0.25) is 0 Å². The number of nitrogens with two attached hydrogens (primary N) is 1. The molecule has 0 saturated carbocycles. The fourth-order valence-corrected chi connectivity index (χ4v) is 2.53. The zero-order valence-electron chi connectivity index (χ0n) is 11.4. The number of likely N-dealkylation sites (tertiary alicyclic amines) is 1. The molecule has 1 aromatic rings. The maximum absolute atomic E-state index is 12.4. The van der Waals surface area contributed by atoms with Crippen LogP contribution in [0.1, 0.15) is 36.2 Å². The van der Waals surface area contributed by atoms with Crippen molar-refractivity contribution in [2.45, 2.75) is 26.3 Å². The van der Waals surface area contributed by atoms with Crippen molar-refractivity contribution in [1.82, 2.24) is 9.88 Å². The van der Waals surface area contributed by atoms with Gasteiger partial charge >= 0.3 is 0 Å². The zero-order valence-corrected chi connectivity index (χ0v) is 11.4. The second kappa shape index (κ2) is 5.85. The molecule has 4 heteroatoms. The lowest BCUT2D eigenvalue weighted by Crippen LogP contribution is -2.34. The van der Waals surface area contributed by atoms with Crippen LogP contribution in [0.5, 0.6) is 0 Å². The van der Waals surface area contributed by atoms with Crippen LogP contribution < -0.4 is 5.73 Å². The van der Waals surface area contributed by atoms with Gasteiger partial charge in [-0.3, -0.25) is 9.78 Å². The van der Waals surface area contributed by atoms with Crippen molar-refractivity contribution in [2.75, 3.05) is 13.1 Å². The van der Waals surface area contributed by atoms with Gasteiger partial charge in [0, 0.05) is 30.5 Å². The van der Waals surface area contributed by atoms with E-state index in [1.807, 2.05) is 4.90 Å². The van der Waals surface area contributed by atoms with Gasteiger partial charge in [-0.25, -0.2) is 0 Å². The van der Waals surface area contributed by atoms with E-state index in [0.29, 0.717) is 24.1 Å². The van der Waals surface area contributed by atoms with Gasteiger partial charge in [0.15, 0.2) is 0 Å². The molecular weight excluding hydrogens is 238 g/mol. The van der Waals surface area contributed by atoms with Gasteiger partial charge in [0.2, 0.25) is 0 Å². The number of hydrogen-bond donors (Lipinski definition) is 1. The molecule has 2 N–H and O–H groups in total. The lowest BCUT2D eigenvalue weighted by Gasteiger charge is -2.21. The van der Waals surface area contributed by atoms with Crippen LogP contribution in [0, 0.1) is 17.8 Å². The van der Waals surface area contributed by atoms with Gasteiger partial charge in [0.05, 0.1) is 12.1 Å². The summed E-state index contributed by atoms with van der Waals surface area (Å²) in [5.41, 5.74) is 6.67. The SMILES string of the molecule is CC1CC(C)N(C(=O)c2cncc(C#CCN)c2)C1. The second-order valence-corrected chi connectivity index (χ2v) is 5.12. The lowest BCUT2D eigenvalue weighted by molar-refractivity contribution is 0.0743. The summed E-state index contributed by atoms with van der Waals surface area (Å²) in [5, 5.41) is 0. The van der Waals surface area contributed by atoms with Gasteiger partial charge in [0.1, 0.15) is 0 Å². The van der Waals surface area contributed by atoms with Crippen molar-refractivity contribution < 1.29 is 4.79 Å². The molecule has 100 valence electrons. The van der Waals surface area contributed by atoms with E-state index in [9.17, 15) is 4.79 Å². The first-order valence-electron chi connectivity index (χ1n) is 6.56. The number of pyridine rings is 1. The largest absolute Gasteiger partial charge is 0.336 e. The Bertz CT molecular complexity index is 530. The molecule has 2 heterocycles. The van der Waals surface area contributed by atoms with Crippen LogP contribution in [0.15, 0.2) is 18.5 Å². The van der Waals surface area contributed by atoms with Gasteiger partial charge in [-0.05, 0) is 25.3 Å². The quantitative estimate of drug-likeness (QED) is 0.771. The molecule has 1 fully saturated rings. The molecule has 1 aliphatic heterocycles. The number of rotatable bonds is 1. The third-order valence-corrected chi connectivity index (χ3v) is 3.36. The van der Waals surface area contributed by atoms with Crippen molar-refractivity contribution in [3.8, 4) is 11.8 Å². The van der Waals surface area contributed by atoms with E-state index in [4.69, 9.17) is 5.73 Å². The summed E-state index contributed by atoms with van der Waals surface area (Å²) >= 11 is 0. The molecule has 2 rings (SSSR count). The minimum absolute atomic E-state index is 0.0424. The van der Waals surface area contributed by atoms with Gasteiger partial charge in [-0.2, -0.15) is 0 Å². The molecular formula is C15H19N3O.